The van der Waals surface area contributed by atoms with E-state index in [4.69, 9.17) is 0 Å². The molecule has 4 heteroatoms. The normalized spacial score (nSPS) is 11.3. The zero-order chi connectivity index (χ0) is 18.8. The quantitative estimate of drug-likeness (QED) is 0.556. The third kappa shape index (κ3) is 3.25. The molecule has 1 aromatic heterocycles. The number of pyridine rings is 1. The molecule has 132 valence electrons. The molecule has 0 saturated carbocycles. The van der Waals surface area contributed by atoms with E-state index in [2.05, 4.69) is 5.32 Å². The van der Waals surface area contributed by atoms with E-state index in [0.717, 1.165) is 27.4 Å². The van der Waals surface area contributed by atoms with E-state index in [1.165, 1.54) is 6.08 Å². The van der Waals surface area contributed by atoms with E-state index >= 15 is 0 Å². The van der Waals surface area contributed by atoms with Gasteiger partial charge in [0.2, 0.25) is 5.91 Å². The molecule has 0 saturated heterocycles. The average molecular weight is 354 g/mol. The molecule has 4 nitrogen and oxygen atoms in total. The molecule has 0 aliphatic rings. The second-order valence-electron chi connectivity index (χ2n) is 6.37. The molecular weight excluding hydrogens is 336 g/mol. The number of fused-ring (bicyclic) bond motifs is 2. The Labute approximate surface area is 156 Å². The molecule has 4 aromatic rings. The van der Waals surface area contributed by atoms with E-state index in [-0.39, 0.29) is 11.5 Å². The van der Waals surface area contributed by atoms with Gasteiger partial charge in [0.1, 0.15) is 0 Å². The number of amides is 1. The highest BCUT2D eigenvalue weighted by Crippen LogP contribution is 2.23. The summed E-state index contributed by atoms with van der Waals surface area (Å²) in [5.41, 5.74) is 1.95. The summed E-state index contributed by atoms with van der Waals surface area (Å²) in [7, 11) is 1.73. The van der Waals surface area contributed by atoms with Gasteiger partial charge in [-0.05, 0) is 35.0 Å². The summed E-state index contributed by atoms with van der Waals surface area (Å²) in [4.78, 5) is 24.9. The number of carbonyl (C=O) groups is 1. The van der Waals surface area contributed by atoms with Gasteiger partial charge in [-0.25, -0.2) is 0 Å². The van der Waals surface area contributed by atoms with Crippen LogP contribution in [0.25, 0.3) is 27.8 Å². The van der Waals surface area contributed by atoms with Gasteiger partial charge in [0.05, 0.1) is 5.52 Å². The smallest absolute Gasteiger partial charge is 0.258 e. The maximum atomic E-state index is 12.5. The second-order valence-corrected chi connectivity index (χ2v) is 6.37. The first-order chi connectivity index (χ1) is 13.1. The van der Waals surface area contributed by atoms with Crippen molar-refractivity contribution in [1.82, 2.24) is 4.57 Å². The summed E-state index contributed by atoms with van der Waals surface area (Å²) < 4.78 is 1.59. The minimum absolute atomic E-state index is 0.136. The highest BCUT2D eigenvalue weighted by atomic mass is 16.1. The fraction of sp³-hybridized carbons (Fsp3) is 0.0435. The topological polar surface area (TPSA) is 51.1 Å². The van der Waals surface area contributed by atoms with Crippen molar-refractivity contribution in [2.45, 2.75) is 0 Å². The molecule has 0 aliphatic carbocycles. The van der Waals surface area contributed by atoms with Crippen LogP contribution in [0.2, 0.25) is 0 Å². The van der Waals surface area contributed by atoms with E-state index in [0.29, 0.717) is 5.56 Å². The predicted molar refractivity (Wildman–Crippen MR) is 111 cm³/mol. The third-order valence-corrected chi connectivity index (χ3v) is 4.62. The molecule has 0 unspecified atom stereocenters. The number of para-hydroxylation sites is 1. The number of hydrogen-bond acceptors (Lipinski definition) is 2. The minimum Gasteiger partial charge on any atom is -0.322 e. The number of anilines is 1. The van der Waals surface area contributed by atoms with E-state index in [9.17, 15) is 9.59 Å². The number of nitrogens with one attached hydrogen (secondary N) is 1. The summed E-state index contributed by atoms with van der Waals surface area (Å²) in [6, 6.07) is 23.1. The van der Waals surface area contributed by atoms with Crippen LogP contribution in [0.4, 0.5) is 5.69 Å². The molecule has 0 fully saturated rings. The number of benzene rings is 3. The maximum absolute atomic E-state index is 12.5. The Morgan fingerprint density at radius 2 is 1.63 bits per heavy atom. The van der Waals surface area contributed by atoms with Crippen LogP contribution < -0.4 is 10.9 Å². The van der Waals surface area contributed by atoms with Gasteiger partial charge in [0.25, 0.3) is 5.56 Å². The van der Waals surface area contributed by atoms with Crippen molar-refractivity contribution in [1.29, 1.82) is 0 Å². The summed E-state index contributed by atoms with van der Waals surface area (Å²) >= 11 is 0. The molecule has 0 bridgehead atoms. The van der Waals surface area contributed by atoms with Crippen molar-refractivity contribution in [3.63, 3.8) is 0 Å². The molecular formula is C23H18N2O2. The van der Waals surface area contributed by atoms with E-state index in [1.54, 1.807) is 23.8 Å². The molecule has 0 radical (unpaired) electrons. The third-order valence-electron chi connectivity index (χ3n) is 4.62. The standard InChI is InChI=1S/C23H18N2O2/c1-25-21-12-5-3-8-17(21)15-18(23(25)27)13-14-22(26)24-20-11-6-9-16-7-2-4-10-19(16)20/h2-15H,1H3,(H,24,26)/b14-13+. The van der Waals surface area contributed by atoms with Crippen LogP contribution in [-0.4, -0.2) is 10.5 Å². The van der Waals surface area contributed by atoms with Gasteiger partial charge >= 0.3 is 0 Å². The Morgan fingerprint density at radius 1 is 0.926 bits per heavy atom. The van der Waals surface area contributed by atoms with Gasteiger partial charge in [-0.1, -0.05) is 54.6 Å². The van der Waals surface area contributed by atoms with Crippen molar-refractivity contribution < 1.29 is 4.79 Å². The van der Waals surface area contributed by atoms with Gasteiger partial charge in [-0.2, -0.15) is 0 Å². The molecule has 0 atom stereocenters. The molecule has 0 aliphatic heterocycles. The number of nitrogens with zero attached hydrogens (tertiary/aromatic N) is 1. The Balaban J connectivity index is 1.63. The van der Waals surface area contributed by atoms with Crippen molar-refractivity contribution in [2.75, 3.05) is 5.32 Å². The van der Waals surface area contributed by atoms with Crippen molar-refractivity contribution in [3.05, 3.63) is 94.8 Å². The Bertz CT molecular complexity index is 1250. The lowest BCUT2D eigenvalue weighted by Gasteiger charge is -2.07. The lowest BCUT2D eigenvalue weighted by molar-refractivity contribution is -0.111. The Hall–Kier alpha value is -3.66. The largest absolute Gasteiger partial charge is 0.322 e. The summed E-state index contributed by atoms with van der Waals surface area (Å²) in [6.45, 7) is 0. The fourth-order valence-electron chi connectivity index (χ4n) is 3.24. The van der Waals surface area contributed by atoms with Crippen LogP contribution in [0.15, 0.2) is 83.7 Å². The van der Waals surface area contributed by atoms with Crippen LogP contribution in [-0.2, 0) is 11.8 Å². The average Bonchev–Trinajstić information content (AvgIpc) is 2.70. The molecule has 1 amide bonds. The molecule has 1 N–H and O–H groups in total. The number of rotatable bonds is 3. The highest BCUT2D eigenvalue weighted by molar-refractivity contribution is 6.07. The van der Waals surface area contributed by atoms with Crippen LogP contribution in [0.3, 0.4) is 0 Å². The van der Waals surface area contributed by atoms with Gasteiger partial charge in [0.15, 0.2) is 0 Å². The SMILES string of the molecule is Cn1c(=O)c(/C=C/C(=O)Nc2cccc3ccccc23)cc2ccccc21. The lowest BCUT2D eigenvalue weighted by atomic mass is 10.1. The zero-order valence-corrected chi connectivity index (χ0v) is 14.8. The maximum Gasteiger partial charge on any atom is 0.258 e. The van der Waals surface area contributed by atoms with Crippen LogP contribution in [0.5, 0.6) is 0 Å². The first-order valence-electron chi connectivity index (χ1n) is 8.69. The van der Waals surface area contributed by atoms with E-state index < -0.39 is 0 Å². The summed E-state index contributed by atoms with van der Waals surface area (Å²) in [5, 5.41) is 5.88. The number of aromatic nitrogens is 1. The molecule has 4 rings (SSSR count). The first kappa shape index (κ1) is 16.8. The fourth-order valence-corrected chi connectivity index (χ4v) is 3.24. The van der Waals surface area contributed by atoms with Crippen molar-refractivity contribution in [3.8, 4) is 0 Å². The molecule has 1 heterocycles. The molecule has 27 heavy (non-hydrogen) atoms. The molecule has 3 aromatic carbocycles. The van der Waals surface area contributed by atoms with E-state index in [1.807, 2.05) is 66.7 Å². The number of carbonyl (C=O) groups excluding carboxylic acids is 1. The lowest BCUT2D eigenvalue weighted by Crippen LogP contribution is -2.19. The number of hydrogen-bond donors (Lipinski definition) is 1. The van der Waals surface area contributed by atoms with Gasteiger partial charge in [-0.15, -0.1) is 0 Å². The Morgan fingerprint density at radius 3 is 2.48 bits per heavy atom. The van der Waals surface area contributed by atoms with Crippen LogP contribution in [0.1, 0.15) is 5.56 Å². The van der Waals surface area contributed by atoms with Gasteiger partial charge in [0, 0.05) is 29.8 Å². The monoisotopic (exact) mass is 354 g/mol. The van der Waals surface area contributed by atoms with Crippen molar-refractivity contribution >= 4 is 39.3 Å². The second kappa shape index (κ2) is 6.92. The van der Waals surface area contributed by atoms with Crippen LogP contribution >= 0.6 is 0 Å². The molecule has 0 spiro atoms. The number of aryl methyl sites for hydroxylation is 1. The first-order valence-corrected chi connectivity index (χ1v) is 8.69. The van der Waals surface area contributed by atoms with Gasteiger partial charge in [-0.3, -0.25) is 9.59 Å². The Kier molecular flexibility index (Phi) is 4.30. The van der Waals surface area contributed by atoms with Crippen LogP contribution in [0, 0.1) is 0 Å². The zero-order valence-electron chi connectivity index (χ0n) is 14.8. The minimum atomic E-state index is -0.276. The van der Waals surface area contributed by atoms with Gasteiger partial charge < -0.3 is 9.88 Å². The highest BCUT2D eigenvalue weighted by Gasteiger charge is 2.06. The summed E-state index contributed by atoms with van der Waals surface area (Å²) in [6.07, 6.45) is 2.96. The summed E-state index contributed by atoms with van der Waals surface area (Å²) in [5.74, 6) is -0.276. The predicted octanol–water partition coefficient (Wildman–Crippen LogP) is 4.34. The van der Waals surface area contributed by atoms with Crippen molar-refractivity contribution in [2.24, 2.45) is 7.05 Å².